The normalized spacial score (nSPS) is 25.4. The molecule has 1 saturated carbocycles. The third-order valence-corrected chi connectivity index (χ3v) is 4.62. The first-order valence-electron chi connectivity index (χ1n) is 8.28. The number of aromatic nitrogens is 2. The van der Waals surface area contributed by atoms with Gasteiger partial charge in [0.1, 0.15) is 5.60 Å². The lowest BCUT2D eigenvalue weighted by atomic mass is 10.1. The number of carbonyl (C=O) groups is 1. The van der Waals surface area contributed by atoms with Crippen LogP contribution in [-0.4, -0.2) is 27.6 Å². The summed E-state index contributed by atoms with van der Waals surface area (Å²) >= 11 is 0. The first-order chi connectivity index (χ1) is 11.4. The number of ether oxygens (including phenoxy) is 1. The number of rotatable bonds is 1. The summed E-state index contributed by atoms with van der Waals surface area (Å²) in [7, 11) is 0. The van der Waals surface area contributed by atoms with Crippen molar-refractivity contribution in [1.29, 1.82) is 0 Å². The average molecular weight is 322 g/mol. The van der Waals surface area contributed by atoms with Gasteiger partial charge < -0.3 is 14.7 Å². The Hall–Kier alpha value is -2.48. The summed E-state index contributed by atoms with van der Waals surface area (Å²) < 4.78 is 5.59. The molecule has 4 rings (SSSR count). The Morgan fingerprint density at radius 2 is 2.21 bits per heavy atom. The van der Waals surface area contributed by atoms with Crippen LogP contribution in [0.1, 0.15) is 51.0 Å². The number of imidazole rings is 1. The van der Waals surface area contributed by atoms with E-state index in [1.54, 1.807) is 0 Å². The minimum Gasteiger partial charge on any atom is -0.444 e. The SMILES string of the molecule is C#Cc1ccc2[n-]c([C@@H]3C[C@H]4C[C@H]4N3C(=O)OC(C)(C)C)nc2c1. The van der Waals surface area contributed by atoms with E-state index in [1.165, 1.54) is 0 Å². The maximum atomic E-state index is 12.6. The average Bonchev–Trinajstić information content (AvgIpc) is 2.98. The summed E-state index contributed by atoms with van der Waals surface area (Å²) in [5.41, 5.74) is 1.87. The maximum absolute atomic E-state index is 12.6. The molecule has 24 heavy (non-hydrogen) atoms. The van der Waals surface area contributed by atoms with E-state index in [9.17, 15) is 4.79 Å². The van der Waals surface area contributed by atoms with Crippen molar-refractivity contribution in [3.63, 3.8) is 0 Å². The molecule has 2 heterocycles. The fourth-order valence-corrected chi connectivity index (χ4v) is 3.48. The van der Waals surface area contributed by atoms with Crippen molar-refractivity contribution in [2.24, 2.45) is 5.92 Å². The summed E-state index contributed by atoms with van der Waals surface area (Å²) in [6, 6.07) is 5.77. The maximum Gasteiger partial charge on any atom is 0.411 e. The molecule has 5 nitrogen and oxygen atoms in total. The summed E-state index contributed by atoms with van der Waals surface area (Å²) in [5, 5.41) is 0. The molecular weight excluding hydrogens is 302 g/mol. The van der Waals surface area contributed by atoms with Crippen LogP contribution in [0.25, 0.3) is 11.0 Å². The lowest BCUT2D eigenvalue weighted by molar-refractivity contribution is 0.0175. The van der Waals surface area contributed by atoms with E-state index in [4.69, 9.17) is 11.2 Å². The molecule has 1 aromatic heterocycles. The van der Waals surface area contributed by atoms with Gasteiger partial charge in [-0.05, 0) is 62.7 Å². The molecule has 1 aliphatic heterocycles. The van der Waals surface area contributed by atoms with Crippen molar-refractivity contribution < 1.29 is 9.53 Å². The molecule has 1 aromatic carbocycles. The number of hydrogen-bond acceptors (Lipinski definition) is 3. The molecule has 2 aromatic rings. The number of terminal acetylenes is 1. The molecule has 1 aliphatic carbocycles. The Kier molecular flexibility index (Phi) is 3.14. The van der Waals surface area contributed by atoms with Crippen LogP contribution < -0.4 is 4.98 Å². The fourth-order valence-electron chi connectivity index (χ4n) is 3.48. The van der Waals surface area contributed by atoms with E-state index in [0.717, 1.165) is 29.4 Å². The zero-order valence-corrected chi connectivity index (χ0v) is 14.1. The lowest BCUT2D eigenvalue weighted by Crippen LogP contribution is -2.38. The van der Waals surface area contributed by atoms with Gasteiger partial charge in [-0.2, -0.15) is 0 Å². The van der Waals surface area contributed by atoms with Crippen molar-refractivity contribution in [1.82, 2.24) is 14.9 Å². The second-order valence-corrected chi connectivity index (χ2v) is 7.63. The molecule has 0 radical (unpaired) electrons. The fraction of sp³-hybridized carbons (Fsp3) is 0.474. The molecule has 0 spiro atoms. The van der Waals surface area contributed by atoms with E-state index in [2.05, 4.69) is 15.9 Å². The third-order valence-electron chi connectivity index (χ3n) is 4.62. The highest BCUT2D eigenvalue weighted by Crippen LogP contribution is 2.53. The zero-order chi connectivity index (χ0) is 17.1. The minimum absolute atomic E-state index is 0.106. The Balaban J connectivity index is 1.65. The number of amides is 1. The number of piperidine rings is 1. The van der Waals surface area contributed by atoms with Crippen LogP contribution in [0.4, 0.5) is 4.79 Å². The Morgan fingerprint density at radius 1 is 1.42 bits per heavy atom. The molecule has 2 aliphatic rings. The van der Waals surface area contributed by atoms with Gasteiger partial charge in [0.05, 0.1) is 6.04 Å². The summed E-state index contributed by atoms with van der Waals surface area (Å²) in [4.78, 5) is 23.7. The van der Waals surface area contributed by atoms with Gasteiger partial charge in [-0.25, -0.2) is 4.79 Å². The Labute approximate surface area is 141 Å². The number of carbonyl (C=O) groups excluding carboxylic acids is 1. The number of likely N-dealkylation sites (tertiary alicyclic amines) is 1. The molecule has 1 saturated heterocycles. The van der Waals surface area contributed by atoms with Crippen molar-refractivity contribution in [2.75, 3.05) is 0 Å². The molecule has 0 unspecified atom stereocenters. The quantitative estimate of drug-likeness (QED) is 0.756. The van der Waals surface area contributed by atoms with Crippen molar-refractivity contribution in [3.05, 3.63) is 29.6 Å². The molecule has 124 valence electrons. The first-order valence-corrected chi connectivity index (χ1v) is 8.28. The number of hydrogen-bond donors (Lipinski definition) is 0. The highest BCUT2D eigenvalue weighted by Gasteiger charge is 2.54. The van der Waals surface area contributed by atoms with Crippen LogP contribution in [0.2, 0.25) is 0 Å². The number of benzene rings is 1. The predicted octanol–water partition coefficient (Wildman–Crippen LogP) is 3.24. The van der Waals surface area contributed by atoms with Gasteiger partial charge >= 0.3 is 6.09 Å². The van der Waals surface area contributed by atoms with Crippen LogP contribution in [0.3, 0.4) is 0 Å². The third kappa shape index (κ3) is 2.52. The largest absolute Gasteiger partial charge is 0.444 e. The van der Waals surface area contributed by atoms with E-state index < -0.39 is 5.60 Å². The van der Waals surface area contributed by atoms with Crippen molar-refractivity contribution in [3.8, 4) is 12.3 Å². The topological polar surface area (TPSA) is 56.5 Å². The smallest absolute Gasteiger partial charge is 0.411 e. The summed E-state index contributed by atoms with van der Waals surface area (Å²) in [6.07, 6.45) is 7.14. The number of fused-ring (bicyclic) bond motifs is 2. The highest BCUT2D eigenvalue weighted by atomic mass is 16.6. The molecule has 0 bridgehead atoms. The van der Waals surface area contributed by atoms with Gasteiger partial charge in [0.15, 0.2) is 0 Å². The van der Waals surface area contributed by atoms with E-state index in [-0.39, 0.29) is 18.2 Å². The van der Waals surface area contributed by atoms with E-state index in [0.29, 0.717) is 11.7 Å². The first kappa shape index (κ1) is 15.1. The Bertz CT molecular complexity index is 856. The Morgan fingerprint density at radius 3 is 2.92 bits per heavy atom. The second-order valence-electron chi connectivity index (χ2n) is 7.63. The van der Waals surface area contributed by atoms with Crippen molar-refractivity contribution >= 4 is 17.1 Å². The highest BCUT2D eigenvalue weighted by molar-refractivity contribution is 5.77. The van der Waals surface area contributed by atoms with E-state index in [1.807, 2.05) is 43.9 Å². The van der Waals surface area contributed by atoms with Crippen LogP contribution in [0, 0.1) is 18.3 Å². The standard InChI is InChI=1S/C19H20N3O2/c1-5-11-6-7-13-14(8-11)21-17(20-13)16-10-12-9-15(12)22(16)18(23)24-19(2,3)4/h1,6-8,12,15-16H,9-10H2,2-4H3/q-1/t12-,15-,16+/m1/s1. The summed E-state index contributed by atoms with van der Waals surface area (Å²) in [6.45, 7) is 5.65. The zero-order valence-electron chi connectivity index (χ0n) is 14.1. The van der Waals surface area contributed by atoms with Gasteiger partial charge in [0.2, 0.25) is 0 Å². The monoisotopic (exact) mass is 322 g/mol. The van der Waals surface area contributed by atoms with Gasteiger partial charge in [0.25, 0.3) is 0 Å². The molecule has 1 amide bonds. The van der Waals surface area contributed by atoms with Crippen molar-refractivity contribution in [2.45, 2.75) is 51.3 Å². The van der Waals surface area contributed by atoms with Gasteiger partial charge in [-0.1, -0.05) is 17.8 Å². The molecule has 2 fully saturated rings. The minimum atomic E-state index is -0.506. The lowest BCUT2D eigenvalue weighted by Gasteiger charge is -2.31. The predicted molar refractivity (Wildman–Crippen MR) is 90.3 cm³/mol. The molecule has 3 atom stereocenters. The summed E-state index contributed by atoms with van der Waals surface area (Å²) in [5.74, 6) is 3.85. The van der Waals surface area contributed by atoms with Crippen LogP contribution in [-0.2, 0) is 4.74 Å². The van der Waals surface area contributed by atoms with Gasteiger partial charge in [-0.3, -0.25) is 4.90 Å². The second kappa shape index (κ2) is 5.01. The van der Waals surface area contributed by atoms with Crippen LogP contribution >= 0.6 is 0 Å². The van der Waals surface area contributed by atoms with Gasteiger partial charge in [-0.15, -0.1) is 6.42 Å². The van der Waals surface area contributed by atoms with Gasteiger partial charge in [0, 0.05) is 11.6 Å². The number of nitrogens with zero attached hydrogens (tertiary/aromatic N) is 3. The van der Waals surface area contributed by atoms with E-state index >= 15 is 0 Å². The molecule has 0 N–H and O–H groups in total. The molecule has 5 heteroatoms. The molecular formula is C19H20N3O2-. The van der Waals surface area contributed by atoms with Crippen LogP contribution in [0.5, 0.6) is 0 Å². The van der Waals surface area contributed by atoms with Crippen LogP contribution in [0.15, 0.2) is 18.2 Å².